The van der Waals surface area contributed by atoms with Gasteiger partial charge in [-0.1, -0.05) is 43.7 Å². The maximum absolute atomic E-state index is 12.6. The molecule has 2 rings (SSSR count). The predicted molar refractivity (Wildman–Crippen MR) is 96.8 cm³/mol. The second-order valence-corrected chi connectivity index (χ2v) is 8.05. The molecule has 0 aliphatic carbocycles. The van der Waals surface area contributed by atoms with Crippen LogP contribution in [0.3, 0.4) is 0 Å². The molecule has 1 atom stereocenters. The van der Waals surface area contributed by atoms with Crippen LogP contribution in [0, 0.1) is 12.8 Å². The van der Waals surface area contributed by atoms with Gasteiger partial charge in [0.25, 0.3) is 0 Å². The summed E-state index contributed by atoms with van der Waals surface area (Å²) >= 11 is 0. The highest BCUT2D eigenvalue weighted by molar-refractivity contribution is 7.89. The van der Waals surface area contributed by atoms with E-state index in [1.807, 2.05) is 57.2 Å². The van der Waals surface area contributed by atoms with Crippen LogP contribution < -0.4 is 9.46 Å². The first-order valence-corrected chi connectivity index (χ1v) is 9.52. The summed E-state index contributed by atoms with van der Waals surface area (Å²) in [5, 5.41) is 0. The van der Waals surface area contributed by atoms with Crippen molar-refractivity contribution in [3.63, 3.8) is 0 Å². The van der Waals surface area contributed by atoms with Gasteiger partial charge in [0.15, 0.2) is 0 Å². The van der Waals surface area contributed by atoms with E-state index in [0.29, 0.717) is 11.3 Å². The Kier molecular flexibility index (Phi) is 6.02. The van der Waals surface area contributed by atoms with Crippen LogP contribution in [0.5, 0.6) is 5.75 Å². The number of sulfonamides is 1. The Morgan fingerprint density at radius 1 is 1.00 bits per heavy atom. The molecule has 2 aromatic carbocycles. The average molecular weight is 347 g/mol. The third-order valence-corrected chi connectivity index (χ3v) is 5.56. The Labute approximate surface area is 144 Å². The summed E-state index contributed by atoms with van der Waals surface area (Å²) in [5.41, 5.74) is 2.11. The maximum atomic E-state index is 12.6. The highest BCUT2D eigenvalue weighted by atomic mass is 32.2. The molecule has 0 aliphatic rings. The Hall–Kier alpha value is -1.85. The van der Waals surface area contributed by atoms with Crippen LogP contribution in [0.1, 0.15) is 25.0 Å². The quantitative estimate of drug-likeness (QED) is 0.833. The first-order chi connectivity index (χ1) is 11.3. The molecule has 0 radical (unpaired) electrons. The zero-order chi connectivity index (χ0) is 17.7. The first-order valence-electron chi connectivity index (χ1n) is 8.04. The SMILES string of the molecule is COc1ccc(CC(NS(=O)(=O)c2ccc(C)cc2)C(C)C)cc1. The Balaban J connectivity index is 2.16. The van der Waals surface area contributed by atoms with Gasteiger partial charge in [0.05, 0.1) is 12.0 Å². The van der Waals surface area contributed by atoms with Crippen LogP contribution >= 0.6 is 0 Å². The first kappa shape index (κ1) is 18.5. The molecule has 0 heterocycles. The fourth-order valence-corrected chi connectivity index (χ4v) is 3.80. The monoisotopic (exact) mass is 347 g/mol. The van der Waals surface area contributed by atoms with E-state index in [9.17, 15) is 8.42 Å². The van der Waals surface area contributed by atoms with E-state index in [1.165, 1.54) is 0 Å². The summed E-state index contributed by atoms with van der Waals surface area (Å²) in [6.45, 7) is 5.97. The molecule has 0 fully saturated rings. The summed E-state index contributed by atoms with van der Waals surface area (Å²) in [5.74, 6) is 0.965. The number of rotatable bonds is 7. The lowest BCUT2D eigenvalue weighted by atomic mass is 9.97. The van der Waals surface area contributed by atoms with Crippen molar-refractivity contribution < 1.29 is 13.2 Å². The molecule has 130 valence electrons. The molecule has 2 aromatic rings. The van der Waals surface area contributed by atoms with E-state index < -0.39 is 10.0 Å². The number of benzene rings is 2. The summed E-state index contributed by atoms with van der Waals surface area (Å²) in [7, 11) is -1.90. The molecule has 0 saturated heterocycles. The fourth-order valence-electron chi connectivity index (χ4n) is 2.41. The number of aryl methyl sites for hydroxylation is 1. The number of ether oxygens (including phenoxy) is 1. The number of hydrogen-bond donors (Lipinski definition) is 1. The molecular weight excluding hydrogens is 322 g/mol. The standard InChI is InChI=1S/C19H25NO3S/c1-14(2)19(13-16-7-9-17(23-4)10-8-16)20-24(21,22)18-11-5-15(3)6-12-18/h5-12,14,19-20H,13H2,1-4H3. The molecular formula is C19H25NO3S. The van der Waals surface area contributed by atoms with Gasteiger partial charge in [-0.25, -0.2) is 13.1 Å². The largest absolute Gasteiger partial charge is 0.497 e. The van der Waals surface area contributed by atoms with Crippen LogP contribution in [-0.2, 0) is 16.4 Å². The Bertz CT molecular complexity index is 750. The van der Waals surface area contributed by atoms with E-state index in [2.05, 4.69) is 4.72 Å². The van der Waals surface area contributed by atoms with Crippen molar-refractivity contribution >= 4 is 10.0 Å². The third-order valence-electron chi connectivity index (χ3n) is 4.06. The van der Waals surface area contributed by atoms with Crippen molar-refractivity contribution in [2.45, 2.75) is 38.1 Å². The van der Waals surface area contributed by atoms with Crippen LogP contribution in [0.15, 0.2) is 53.4 Å². The Morgan fingerprint density at radius 3 is 2.08 bits per heavy atom. The van der Waals surface area contributed by atoms with Crippen molar-refractivity contribution in [1.82, 2.24) is 4.72 Å². The minimum atomic E-state index is -3.53. The maximum Gasteiger partial charge on any atom is 0.240 e. The average Bonchev–Trinajstić information content (AvgIpc) is 2.55. The molecule has 0 aliphatic heterocycles. The van der Waals surface area contributed by atoms with Crippen molar-refractivity contribution in [3.8, 4) is 5.75 Å². The molecule has 0 bridgehead atoms. The van der Waals surface area contributed by atoms with Gasteiger partial charge in [0.1, 0.15) is 5.75 Å². The lowest BCUT2D eigenvalue weighted by molar-refractivity contribution is 0.414. The summed E-state index contributed by atoms with van der Waals surface area (Å²) in [6.07, 6.45) is 0.632. The van der Waals surface area contributed by atoms with Crippen LogP contribution in [0.25, 0.3) is 0 Å². The normalized spacial score (nSPS) is 13.0. The predicted octanol–water partition coefficient (Wildman–Crippen LogP) is 3.55. The van der Waals surface area contributed by atoms with E-state index in [4.69, 9.17) is 4.74 Å². The zero-order valence-corrected chi connectivity index (χ0v) is 15.4. The Morgan fingerprint density at radius 2 is 1.58 bits per heavy atom. The number of nitrogens with one attached hydrogen (secondary N) is 1. The minimum absolute atomic E-state index is 0.173. The summed E-state index contributed by atoms with van der Waals surface area (Å²) in [4.78, 5) is 0.300. The van der Waals surface area contributed by atoms with Gasteiger partial charge in [0, 0.05) is 6.04 Å². The third kappa shape index (κ3) is 4.82. The van der Waals surface area contributed by atoms with Crippen LogP contribution in [-0.4, -0.2) is 21.6 Å². The topological polar surface area (TPSA) is 55.4 Å². The van der Waals surface area contributed by atoms with Gasteiger partial charge >= 0.3 is 0 Å². The molecule has 1 unspecified atom stereocenters. The summed E-state index contributed by atoms with van der Waals surface area (Å²) < 4.78 is 33.2. The smallest absolute Gasteiger partial charge is 0.240 e. The van der Waals surface area contributed by atoms with Gasteiger partial charge in [-0.15, -0.1) is 0 Å². The van der Waals surface area contributed by atoms with Crippen LogP contribution in [0.4, 0.5) is 0 Å². The molecule has 0 amide bonds. The van der Waals surface area contributed by atoms with Gasteiger partial charge in [-0.05, 0) is 49.1 Å². The molecule has 0 spiro atoms. The van der Waals surface area contributed by atoms with Crippen LogP contribution in [0.2, 0.25) is 0 Å². The number of methoxy groups -OCH3 is 1. The molecule has 1 N–H and O–H groups in total. The molecule has 4 nitrogen and oxygen atoms in total. The molecule has 24 heavy (non-hydrogen) atoms. The fraction of sp³-hybridized carbons (Fsp3) is 0.368. The highest BCUT2D eigenvalue weighted by Gasteiger charge is 2.22. The second-order valence-electron chi connectivity index (χ2n) is 6.34. The lowest BCUT2D eigenvalue weighted by Crippen LogP contribution is -2.40. The van der Waals surface area contributed by atoms with Crippen molar-refractivity contribution in [2.24, 2.45) is 5.92 Å². The van der Waals surface area contributed by atoms with Crippen molar-refractivity contribution in [1.29, 1.82) is 0 Å². The van der Waals surface area contributed by atoms with E-state index in [-0.39, 0.29) is 12.0 Å². The minimum Gasteiger partial charge on any atom is -0.497 e. The van der Waals surface area contributed by atoms with Gasteiger partial charge in [0.2, 0.25) is 10.0 Å². The van der Waals surface area contributed by atoms with Gasteiger partial charge in [-0.3, -0.25) is 0 Å². The molecule has 5 heteroatoms. The highest BCUT2D eigenvalue weighted by Crippen LogP contribution is 2.18. The number of hydrogen-bond acceptors (Lipinski definition) is 3. The zero-order valence-electron chi connectivity index (χ0n) is 14.6. The van der Waals surface area contributed by atoms with E-state index in [0.717, 1.165) is 16.9 Å². The molecule has 0 aromatic heterocycles. The van der Waals surface area contributed by atoms with Gasteiger partial charge < -0.3 is 4.74 Å². The molecule has 0 saturated carbocycles. The van der Waals surface area contributed by atoms with E-state index >= 15 is 0 Å². The van der Waals surface area contributed by atoms with Crippen molar-refractivity contribution in [2.75, 3.05) is 7.11 Å². The lowest BCUT2D eigenvalue weighted by Gasteiger charge is -2.22. The van der Waals surface area contributed by atoms with E-state index in [1.54, 1.807) is 19.2 Å². The van der Waals surface area contributed by atoms with Crippen molar-refractivity contribution in [3.05, 3.63) is 59.7 Å². The second kappa shape index (κ2) is 7.81. The summed E-state index contributed by atoms with van der Waals surface area (Å²) in [6, 6.07) is 14.4. The van der Waals surface area contributed by atoms with Gasteiger partial charge in [-0.2, -0.15) is 0 Å².